The fourth-order valence-corrected chi connectivity index (χ4v) is 0.548. The van der Waals surface area contributed by atoms with E-state index in [1.54, 1.807) is 14.0 Å². The Hall–Kier alpha value is -1.46. The Morgan fingerprint density at radius 1 is 1.73 bits per heavy atom. The number of aryl methyl sites for hydroxylation is 1. The summed E-state index contributed by atoms with van der Waals surface area (Å²) in [5.41, 5.74) is 0. The quantitative estimate of drug-likeness (QED) is 0.628. The molecular weight excluding hydrogens is 146 g/mol. The molecule has 60 valence electrons. The highest BCUT2D eigenvalue weighted by Gasteiger charge is 2.03. The topological polar surface area (TPSA) is 72.7 Å². The lowest BCUT2D eigenvalue weighted by Crippen LogP contribution is -2.13. The van der Waals surface area contributed by atoms with Crippen LogP contribution in [0.3, 0.4) is 0 Å². The van der Waals surface area contributed by atoms with Crippen LogP contribution in [-0.4, -0.2) is 26.1 Å². The number of carbonyl (C=O) groups is 1. The van der Waals surface area contributed by atoms with E-state index in [0.29, 0.717) is 12.4 Å². The van der Waals surface area contributed by atoms with Crippen molar-refractivity contribution in [1.29, 1.82) is 0 Å². The van der Waals surface area contributed by atoms with Crippen LogP contribution < -0.4 is 5.32 Å². The Kier molecular flexibility index (Phi) is 2.15. The molecule has 0 bridgehead atoms. The molecule has 0 radical (unpaired) electrons. The molecule has 0 aliphatic rings. The van der Waals surface area contributed by atoms with E-state index in [9.17, 15) is 4.79 Å². The van der Waals surface area contributed by atoms with Crippen molar-refractivity contribution in [3.8, 4) is 0 Å². The van der Waals surface area contributed by atoms with Crippen LogP contribution in [0.25, 0.3) is 0 Å². The molecule has 1 rings (SSSR count). The largest absolute Gasteiger partial charge is 0.293 e. The second kappa shape index (κ2) is 3.09. The van der Waals surface area contributed by atoms with Crippen molar-refractivity contribution in [2.24, 2.45) is 7.05 Å². The lowest BCUT2D eigenvalue weighted by atomic mass is 10.5. The molecule has 0 saturated heterocycles. The van der Waals surface area contributed by atoms with Crippen LogP contribution in [0.15, 0.2) is 0 Å². The third-order valence-electron chi connectivity index (χ3n) is 1.19. The SMILES string of the molecule is CCC(=O)Nc1nnnn1C. The highest BCUT2D eigenvalue weighted by atomic mass is 16.1. The number of nitrogens with zero attached hydrogens (tertiary/aromatic N) is 4. The van der Waals surface area contributed by atoms with E-state index in [-0.39, 0.29) is 5.91 Å². The molecule has 0 aliphatic heterocycles. The van der Waals surface area contributed by atoms with Gasteiger partial charge < -0.3 is 0 Å². The van der Waals surface area contributed by atoms with Crippen LogP contribution in [0.4, 0.5) is 5.95 Å². The van der Waals surface area contributed by atoms with Gasteiger partial charge in [-0.2, -0.15) is 0 Å². The number of tetrazole rings is 1. The predicted octanol–water partition coefficient (Wildman–Crippen LogP) is -0.441. The molecule has 0 atom stereocenters. The van der Waals surface area contributed by atoms with E-state index in [0.717, 1.165) is 0 Å². The first-order valence-corrected chi connectivity index (χ1v) is 3.26. The molecular formula is C5H9N5O. The fraction of sp³-hybridized carbons (Fsp3) is 0.600. The maximum atomic E-state index is 10.8. The van der Waals surface area contributed by atoms with Gasteiger partial charge in [-0.3, -0.25) is 10.1 Å². The molecule has 1 heterocycles. The third kappa shape index (κ3) is 1.73. The van der Waals surface area contributed by atoms with Crippen molar-refractivity contribution in [1.82, 2.24) is 20.2 Å². The molecule has 11 heavy (non-hydrogen) atoms. The van der Waals surface area contributed by atoms with Crippen LogP contribution in [-0.2, 0) is 11.8 Å². The van der Waals surface area contributed by atoms with Crippen molar-refractivity contribution < 1.29 is 4.79 Å². The molecule has 0 unspecified atom stereocenters. The molecule has 6 heteroatoms. The van der Waals surface area contributed by atoms with E-state index in [4.69, 9.17) is 0 Å². The summed E-state index contributed by atoms with van der Waals surface area (Å²) in [4.78, 5) is 10.8. The number of carbonyl (C=O) groups excluding carboxylic acids is 1. The normalized spacial score (nSPS) is 9.64. The smallest absolute Gasteiger partial charge is 0.249 e. The summed E-state index contributed by atoms with van der Waals surface area (Å²) in [6, 6.07) is 0. The van der Waals surface area contributed by atoms with Gasteiger partial charge in [0.15, 0.2) is 0 Å². The van der Waals surface area contributed by atoms with Crippen molar-refractivity contribution in [2.75, 3.05) is 5.32 Å². The van der Waals surface area contributed by atoms with Gasteiger partial charge in [0.1, 0.15) is 0 Å². The number of rotatable bonds is 2. The van der Waals surface area contributed by atoms with Gasteiger partial charge in [0, 0.05) is 13.5 Å². The summed E-state index contributed by atoms with van der Waals surface area (Å²) in [5, 5.41) is 13.0. The van der Waals surface area contributed by atoms with Gasteiger partial charge in [0.05, 0.1) is 0 Å². The van der Waals surface area contributed by atoms with E-state index in [2.05, 4.69) is 20.8 Å². The molecule has 0 aliphatic carbocycles. The minimum absolute atomic E-state index is 0.0945. The van der Waals surface area contributed by atoms with Crippen molar-refractivity contribution in [2.45, 2.75) is 13.3 Å². The summed E-state index contributed by atoms with van der Waals surface area (Å²) in [6.45, 7) is 1.76. The first kappa shape index (κ1) is 7.64. The Morgan fingerprint density at radius 3 is 2.91 bits per heavy atom. The van der Waals surface area contributed by atoms with Gasteiger partial charge in [-0.1, -0.05) is 12.0 Å². The molecule has 1 aromatic heterocycles. The minimum Gasteiger partial charge on any atom is -0.293 e. The summed E-state index contributed by atoms with van der Waals surface area (Å²) in [7, 11) is 1.66. The molecule has 1 N–H and O–H groups in total. The highest BCUT2D eigenvalue weighted by Crippen LogP contribution is 1.95. The van der Waals surface area contributed by atoms with Crippen molar-refractivity contribution in [3.63, 3.8) is 0 Å². The van der Waals surface area contributed by atoms with Crippen LogP contribution in [0.5, 0.6) is 0 Å². The van der Waals surface area contributed by atoms with Gasteiger partial charge in [-0.25, -0.2) is 4.68 Å². The second-order valence-electron chi connectivity index (χ2n) is 2.03. The summed E-state index contributed by atoms with van der Waals surface area (Å²) in [5.74, 6) is 0.278. The highest BCUT2D eigenvalue weighted by molar-refractivity contribution is 5.88. The maximum Gasteiger partial charge on any atom is 0.249 e. The van der Waals surface area contributed by atoms with Crippen LogP contribution in [0.1, 0.15) is 13.3 Å². The Labute approximate surface area is 63.6 Å². The molecule has 6 nitrogen and oxygen atoms in total. The number of amides is 1. The first-order chi connectivity index (χ1) is 5.24. The molecule has 0 saturated carbocycles. The average Bonchev–Trinajstić information content (AvgIpc) is 2.37. The van der Waals surface area contributed by atoms with E-state index in [1.165, 1.54) is 4.68 Å². The number of hydrogen-bond acceptors (Lipinski definition) is 4. The number of anilines is 1. The number of hydrogen-bond donors (Lipinski definition) is 1. The lowest BCUT2D eigenvalue weighted by Gasteiger charge is -1.98. The van der Waals surface area contributed by atoms with Crippen LogP contribution >= 0.6 is 0 Å². The van der Waals surface area contributed by atoms with Gasteiger partial charge in [-0.15, -0.1) is 0 Å². The lowest BCUT2D eigenvalue weighted by molar-refractivity contribution is -0.115. The maximum absolute atomic E-state index is 10.8. The van der Waals surface area contributed by atoms with Gasteiger partial charge in [0.2, 0.25) is 11.9 Å². The zero-order chi connectivity index (χ0) is 8.27. The van der Waals surface area contributed by atoms with Crippen LogP contribution in [0, 0.1) is 0 Å². The number of nitrogens with one attached hydrogen (secondary N) is 1. The number of aromatic nitrogens is 4. The second-order valence-corrected chi connectivity index (χ2v) is 2.03. The molecule has 1 aromatic rings. The van der Waals surface area contributed by atoms with Gasteiger partial charge in [-0.05, 0) is 10.4 Å². The van der Waals surface area contributed by atoms with E-state index in [1.807, 2.05) is 0 Å². The summed E-state index contributed by atoms with van der Waals surface area (Å²) in [6.07, 6.45) is 0.423. The van der Waals surface area contributed by atoms with Crippen molar-refractivity contribution >= 4 is 11.9 Å². The van der Waals surface area contributed by atoms with Gasteiger partial charge >= 0.3 is 0 Å². The average molecular weight is 155 g/mol. The Bertz CT molecular complexity index is 255. The Balaban J connectivity index is 2.64. The van der Waals surface area contributed by atoms with E-state index < -0.39 is 0 Å². The first-order valence-electron chi connectivity index (χ1n) is 3.26. The fourth-order valence-electron chi connectivity index (χ4n) is 0.548. The molecule has 1 amide bonds. The third-order valence-corrected chi connectivity index (χ3v) is 1.19. The van der Waals surface area contributed by atoms with Crippen molar-refractivity contribution in [3.05, 3.63) is 0 Å². The Morgan fingerprint density at radius 2 is 2.45 bits per heavy atom. The monoisotopic (exact) mass is 155 g/mol. The van der Waals surface area contributed by atoms with Crippen LogP contribution in [0.2, 0.25) is 0 Å². The zero-order valence-corrected chi connectivity index (χ0v) is 6.40. The molecule has 0 spiro atoms. The molecule has 0 fully saturated rings. The minimum atomic E-state index is -0.0945. The van der Waals surface area contributed by atoms with E-state index >= 15 is 0 Å². The standard InChI is InChI=1S/C5H9N5O/c1-3-4(11)6-5-7-8-9-10(5)2/h3H2,1-2H3,(H,6,7,9,11). The predicted molar refractivity (Wildman–Crippen MR) is 37.7 cm³/mol. The van der Waals surface area contributed by atoms with Gasteiger partial charge in [0.25, 0.3) is 0 Å². The zero-order valence-electron chi connectivity index (χ0n) is 6.40. The molecule has 0 aromatic carbocycles. The summed E-state index contributed by atoms with van der Waals surface area (Å²) >= 11 is 0. The summed E-state index contributed by atoms with van der Waals surface area (Å²) < 4.78 is 1.40.